The maximum Gasteiger partial charge on any atom is 0.166 e. The van der Waals surface area contributed by atoms with E-state index in [1.807, 2.05) is 0 Å². The summed E-state index contributed by atoms with van der Waals surface area (Å²) in [4.78, 5) is 6.17. The average molecular weight is 386 g/mol. The number of halogens is 2. The molecule has 2 heterocycles. The zero-order valence-electron chi connectivity index (χ0n) is 15.2. The number of para-hydroxylation sites is 1. The van der Waals surface area contributed by atoms with Gasteiger partial charge < -0.3 is 9.47 Å². The standard InChI is InChI=1S/C20H20F2N4O2/c21-17-3-1-2-4-19(17)28-20-6-5-15(9-18(20)22)10-25-7-8-27-12-16(11-25)26-14-23-13-24-26/h1-6,9,13-14,16H,7-8,10-12H2. The molecular weight excluding hydrogens is 366 g/mol. The fourth-order valence-electron chi connectivity index (χ4n) is 3.19. The van der Waals surface area contributed by atoms with Crippen LogP contribution in [0.15, 0.2) is 55.1 Å². The molecule has 0 N–H and O–H groups in total. The van der Waals surface area contributed by atoms with E-state index in [9.17, 15) is 8.78 Å². The third-order valence-corrected chi connectivity index (χ3v) is 4.60. The Morgan fingerprint density at radius 3 is 2.75 bits per heavy atom. The monoisotopic (exact) mass is 386 g/mol. The molecule has 0 spiro atoms. The van der Waals surface area contributed by atoms with Gasteiger partial charge in [-0.2, -0.15) is 5.10 Å². The van der Waals surface area contributed by atoms with Crippen LogP contribution in [-0.4, -0.2) is 46.0 Å². The Morgan fingerprint density at radius 1 is 1.11 bits per heavy atom. The van der Waals surface area contributed by atoms with E-state index in [1.54, 1.807) is 29.2 Å². The van der Waals surface area contributed by atoms with Crippen molar-refractivity contribution in [1.29, 1.82) is 0 Å². The third kappa shape index (κ3) is 4.35. The fraction of sp³-hybridized carbons (Fsp3) is 0.300. The number of rotatable bonds is 5. The Hall–Kier alpha value is -2.84. The van der Waals surface area contributed by atoms with Gasteiger partial charge in [-0.1, -0.05) is 18.2 Å². The quantitative estimate of drug-likeness (QED) is 0.673. The molecule has 1 aliphatic rings. The molecule has 0 bridgehead atoms. The lowest BCUT2D eigenvalue weighted by Crippen LogP contribution is -2.31. The van der Waals surface area contributed by atoms with E-state index in [0.717, 1.165) is 18.7 Å². The predicted molar refractivity (Wildman–Crippen MR) is 98.0 cm³/mol. The highest BCUT2D eigenvalue weighted by Crippen LogP contribution is 2.27. The molecule has 0 radical (unpaired) electrons. The van der Waals surface area contributed by atoms with Crippen LogP contribution in [0.4, 0.5) is 8.78 Å². The zero-order chi connectivity index (χ0) is 19.3. The van der Waals surface area contributed by atoms with E-state index in [0.29, 0.717) is 19.8 Å². The minimum atomic E-state index is -0.533. The van der Waals surface area contributed by atoms with Crippen LogP contribution >= 0.6 is 0 Å². The Labute approximate surface area is 161 Å². The number of hydrogen-bond acceptors (Lipinski definition) is 5. The summed E-state index contributed by atoms with van der Waals surface area (Å²) in [5.41, 5.74) is 0.803. The van der Waals surface area contributed by atoms with Crippen molar-refractivity contribution in [3.63, 3.8) is 0 Å². The first kappa shape index (κ1) is 18.5. The number of hydrogen-bond donors (Lipinski definition) is 0. The van der Waals surface area contributed by atoms with Crippen LogP contribution in [0.3, 0.4) is 0 Å². The summed E-state index contributed by atoms with van der Waals surface area (Å²) < 4.78 is 41.0. The van der Waals surface area contributed by atoms with E-state index in [-0.39, 0.29) is 17.5 Å². The highest BCUT2D eigenvalue weighted by atomic mass is 19.1. The van der Waals surface area contributed by atoms with Crippen molar-refractivity contribution in [1.82, 2.24) is 19.7 Å². The first-order chi connectivity index (χ1) is 13.7. The van der Waals surface area contributed by atoms with Gasteiger partial charge in [0.2, 0.25) is 0 Å². The molecule has 2 aromatic carbocycles. The van der Waals surface area contributed by atoms with Gasteiger partial charge in [-0.15, -0.1) is 0 Å². The summed E-state index contributed by atoms with van der Waals surface area (Å²) in [7, 11) is 0. The summed E-state index contributed by atoms with van der Waals surface area (Å²) in [6.07, 6.45) is 3.17. The molecule has 4 rings (SSSR count). The summed E-state index contributed by atoms with van der Waals surface area (Å²) in [5, 5.41) is 4.19. The highest BCUT2D eigenvalue weighted by molar-refractivity contribution is 5.35. The van der Waals surface area contributed by atoms with Gasteiger partial charge in [-0.05, 0) is 29.8 Å². The van der Waals surface area contributed by atoms with Crippen LogP contribution in [0, 0.1) is 11.6 Å². The molecule has 1 aliphatic heterocycles. The number of aromatic nitrogens is 3. The van der Waals surface area contributed by atoms with Crippen molar-refractivity contribution in [2.24, 2.45) is 0 Å². The first-order valence-electron chi connectivity index (χ1n) is 9.04. The van der Waals surface area contributed by atoms with Gasteiger partial charge in [0, 0.05) is 19.6 Å². The summed E-state index contributed by atoms with van der Waals surface area (Å²) >= 11 is 0. The van der Waals surface area contributed by atoms with Crippen molar-refractivity contribution < 1.29 is 18.3 Å². The Morgan fingerprint density at radius 2 is 1.96 bits per heavy atom. The third-order valence-electron chi connectivity index (χ3n) is 4.60. The normalized spacial score (nSPS) is 18.0. The SMILES string of the molecule is Fc1ccccc1Oc1ccc(CN2CCOCC(n3cncn3)C2)cc1F. The highest BCUT2D eigenvalue weighted by Gasteiger charge is 2.21. The summed E-state index contributed by atoms with van der Waals surface area (Å²) in [6.45, 7) is 3.18. The van der Waals surface area contributed by atoms with Crippen molar-refractivity contribution in [3.05, 3.63) is 72.3 Å². The topological polar surface area (TPSA) is 52.4 Å². The molecule has 1 aromatic heterocycles. The van der Waals surface area contributed by atoms with Crippen molar-refractivity contribution in [2.45, 2.75) is 12.6 Å². The van der Waals surface area contributed by atoms with E-state index >= 15 is 0 Å². The molecule has 6 nitrogen and oxygen atoms in total. The van der Waals surface area contributed by atoms with E-state index in [1.165, 1.54) is 30.6 Å². The first-order valence-corrected chi connectivity index (χ1v) is 9.04. The second-order valence-electron chi connectivity index (χ2n) is 6.64. The zero-order valence-corrected chi connectivity index (χ0v) is 15.2. The van der Waals surface area contributed by atoms with Crippen molar-refractivity contribution in [3.8, 4) is 11.5 Å². The number of nitrogens with zero attached hydrogens (tertiary/aromatic N) is 4. The second-order valence-corrected chi connectivity index (χ2v) is 6.64. The lowest BCUT2D eigenvalue weighted by molar-refractivity contribution is 0.120. The summed E-state index contributed by atoms with van der Waals surface area (Å²) in [5.74, 6) is -1.07. The lowest BCUT2D eigenvalue weighted by Gasteiger charge is -2.23. The second kappa shape index (κ2) is 8.45. The molecule has 0 amide bonds. The van der Waals surface area contributed by atoms with Gasteiger partial charge in [0.15, 0.2) is 23.1 Å². The molecule has 8 heteroatoms. The molecule has 1 unspecified atom stereocenters. The van der Waals surface area contributed by atoms with Crippen LogP contribution in [0.5, 0.6) is 11.5 Å². The molecule has 1 saturated heterocycles. The molecule has 1 fully saturated rings. The largest absolute Gasteiger partial charge is 0.451 e. The van der Waals surface area contributed by atoms with Crippen molar-refractivity contribution in [2.75, 3.05) is 26.3 Å². The minimum absolute atomic E-state index is 0.00510. The maximum absolute atomic E-state index is 14.5. The molecule has 28 heavy (non-hydrogen) atoms. The van der Waals surface area contributed by atoms with Crippen LogP contribution in [0.1, 0.15) is 11.6 Å². The fourth-order valence-corrected chi connectivity index (χ4v) is 3.19. The number of ether oxygens (including phenoxy) is 2. The van der Waals surface area contributed by atoms with Gasteiger partial charge in [-0.3, -0.25) is 4.90 Å². The number of benzene rings is 2. The molecule has 0 aliphatic carbocycles. The Kier molecular flexibility index (Phi) is 5.59. The molecule has 1 atom stereocenters. The molecule has 146 valence electrons. The molecular formula is C20H20F2N4O2. The van der Waals surface area contributed by atoms with Gasteiger partial charge in [-0.25, -0.2) is 18.4 Å². The van der Waals surface area contributed by atoms with Crippen molar-refractivity contribution >= 4 is 0 Å². The molecule has 0 saturated carbocycles. The predicted octanol–water partition coefficient (Wildman–Crippen LogP) is 3.42. The van der Waals surface area contributed by atoms with Crippen LogP contribution in [0.2, 0.25) is 0 Å². The van der Waals surface area contributed by atoms with Crippen LogP contribution < -0.4 is 4.74 Å². The Balaban J connectivity index is 1.44. The van der Waals surface area contributed by atoms with Gasteiger partial charge in [0.05, 0.1) is 19.3 Å². The minimum Gasteiger partial charge on any atom is -0.451 e. The van der Waals surface area contributed by atoms with E-state index < -0.39 is 11.6 Å². The van der Waals surface area contributed by atoms with Crippen LogP contribution in [-0.2, 0) is 11.3 Å². The van der Waals surface area contributed by atoms with Gasteiger partial charge in [0.25, 0.3) is 0 Å². The van der Waals surface area contributed by atoms with Crippen LogP contribution in [0.25, 0.3) is 0 Å². The van der Waals surface area contributed by atoms with E-state index in [2.05, 4.69) is 15.0 Å². The van der Waals surface area contributed by atoms with Gasteiger partial charge >= 0.3 is 0 Å². The Bertz CT molecular complexity index is 920. The maximum atomic E-state index is 14.5. The summed E-state index contributed by atoms with van der Waals surface area (Å²) in [6, 6.07) is 10.7. The van der Waals surface area contributed by atoms with Gasteiger partial charge in [0.1, 0.15) is 12.7 Å². The van der Waals surface area contributed by atoms with E-state index in [4.69, 9.17) is 9.47 Å². The smallest absolute Gasteiger partial charge is 0.166 e. The average Bonchev–Trinajstić information content (AvgIpc) is 3.13. The molecule has 3 aromatic rings. The lowest BCUT2D eigenvalue weighted by atomic mass is 10.2.